The summed E-state index contributed by atoms with van der Waals surface area (Å²) in [4.78, 5) is 24.9. The van der Waals surface area contributed by atoms with Gasteiger partial charge in [0.25, 0.3) is 0 Å². The topological polar surface area (TPSA) is 58.2 Å². The zero-order chi connectivity index (χ0) is 17.2. The van der Waals surface area contributed by atoms with Gasteiger partial charge in [0.2, 0.25) is 11.8 Å². The summed E-state index contributed by atoms with van der Waals surface area (Å²) in [5.41, 5.74) is 1.11. The van der Waals surface area contributed by atoms with Crippen LogP contribution in [0.4, 0.5) is 10.1 Å². The van der Waals surface area contributed by atoms with Crippen molar-refractivity contribution in [2.75, 3.05) is 5.32 Å². The minimum absolute atomic E-state index is 0.0975. The molecular formula is C19H19FN2O2. The average Bonchev–Trinajstić information content (AvgIpc) is 3.37. The van der Waals surface area contributed by atoms with Gasteiger partial charge < -0.3 is 10.6 Å². The fraction of sp³-hybridized carbons (Fsp3) is 0.263. The van der Waals surface area contributed by atoms with Crippen LogP contribution in [0.15, 0.2) is 48.5 Å². The second kappa shape index (κ2) is 6.43. The van der Waals surface area contributed by atoms with Crippen molar-refractivity contribution < 1.29 is 14.0 Å². The molecule has 24 heavy (non-hydrogen) atoms. The first kappa shape index (κ1) is 16.2. The lowest BCUT2D eigenvalue weighted by molar-refractivity contribution is -0.134. The lowest BCUT2D eigenvalue weighted by atomic mass is 10.0. The predicted molar refractivity (Wildman–Crippen MR) is 89.7 cm³/mol. The number of carbonyl (C=O) groups excluding carboxylic acids is 2. The van der Waals surface area contributed by atoms with Crippen LogP contribution in [0.5, 0.6) is 0 Å². The third-order valence-corrected chi connectivity index (χ3v) is 4.28. The number of nitrogens with one attached hydrogen (secondary N) is 2. The van der Waals surface area contributed by atoms with Crippen LogP contribution in [-0.2, 0) is 16.1 Å². The molecule has 1 aliphatic rings. The Morgan fingerprint density at radius 2 is 1.83 bits per heavy atom. The van der Waals surface area contributed by atoms with Gasteiger partial charge >= 0.3 is 0 Å². The van der Waals surface area contributed by atoms with Crippen molar-refractivity contribution >= 4 is 17.5 Å². The van der Waals surface area contributed by atoms with Crippen molar-refractivity contribution in [3.63, 3.8) is 0 Å². The molecule has 0 spiro atoms. The molecule has 1 saturated carbocycles. The van der Waals surface area contributed by atoms with Crippen LogP contribution < -0.4 is 10.6 Å². The van der Waals surface area contributed by atoms with E-state index in [0.29, 0.717) is 19.4 Å². The number of benzene rings is 2. The van der Waals surface area contributed by atoms with Gasteiger partial charge in [0.15, 0.2) is 0 Å². The Bertz CT molecular complexity index is 784. The van der Waals surface area contributed by atoms with Gasteiger partial charge in [-0.2, -0.15) is 0 Å². The van der Waals surface area contributed by atoms with Crippen molar-refractivity contribution in [1.29, 1.82) is 0 Å². The first-order chi connectivity index (χ1) is 11.5. The van der Waals surface area contributed by atoms with Gasteiger partial charge in [-0.1, -0.05) is 42.0 Å². The van der Waals surface area contributed by atoms with Gasteiger partial charge in [-0.15, -0.1) is 0 Å². The van der Waals surface area contributed by atoms with Crippen LogP contribution in [0.1, 0.15) is 24.0 Å². The highest BCUT2D eigenvalue weighted by Crippen LogP contribution is 2.47. The molecule has 0 aromatic heterocycles. The summed E-state index contributed by atoms with van der Waals surface area (Å²) in [5.74, 6) is -1.27. The lowest BCUT2D eigenvalue weighted by Crippen LogP contribution is -2.39. The van der Waals surface area contributed by atoms with E-state index in [9.17, 15) is 14.0 Å². The summed E-state index contributed by atoms with van der Waals surface area (Å²) < 4.78 is 13.7. The molecule has 2 aromatic carbocycles. The summed E-state index contributed by atoms with van der Waals surface area (Å²) in [7, 11) is 0. The molecule has 5 heteroatoms. The van der Waals surface area contributed by atoms with Crippen LogP contribution >= 0.6 is 0 Å². The van der Waals surface area contributed by atoms with Gasteiger partial charge in [0, 0.05) is 6.54 Å². The number of carbonyl (C=O) groups is 2. The van der Waals surface area contributed by atoms with Crippen LogP contribution in [0.25, 0.3) is 0 Å². The van der Waals surface area contributed by atoms with E-state index in [-0.39, 0.29) is 11.6 Å². The van der Waals surface area contributed by atoms with E-state index in [4.69, 9.17) is 0 Å². The van der Waals surface area contributed by atoms with Crippen LogP contribution in [-0.4, -0.2) is 11.8 Å². The summed E-state index contributed by atoms with van der Waals surface area (Å²) >= 11 is 0. The zero-order valence-corrected chi connectivity index (χ0v) is 13.4. The molecule has 0 radical (unpaired) electrons. The molecule has 0 atom stereocenters. The Morgan fingerprint density at radius 1 is 1.08 bits per heavy atom. The molecule has 0 bridgehead atoms. The van der Waals surface area contributed by atoms with E-state index in [2.05, 4.69) is 10.6 Å². The Kier molecular flexibility index (Phi) is 4.34. The van der Waals surface area contributed by atoms with Gasteiger partial charge in [-0.05, 0) is 37.5 Å². The van der Waals surface area contributed by atoms with Crippen LogP contribution in [0.2, 0.25) is 0 Å². The SMILES string of the molecule is Cc1cccc(CNC(=O)C2(C(=O)Nc3ccccc3F)CC2)c1. The van der Waals surface area contributed by atoms with Crippen LogP contribution in [0, 0.1) is 18.2 Å². The average molecular weight is 326 g/mol. The summed E-state index contributed by atoms with van der Waals surface area (Å²) in [6.45, 7) is 2.35. The fourth-order valence-corrected chi connectivity index (χ4v) is 2.66. The third-order valence-electron chi connectivity index (χ3n) is 4.28. The molecule has 1 aliphatic carbocycles. The largest absolute Gasteiger partial charge is 0.351 e. The summed E-state index contributed by atoms with van der Waals surface area (Å²) in [6.07, 6.45) is 0.958. The van der Waals surface area contributed by atoms with Crippen molar-refractivity contribution in [3.05, 3.63) is 65.5 Å². The fourth-order valence-electron chi connectivity index (χ4n) is 2.66. The number of hydrogen-bond acceptors (Lipinski definition) is 2. The summed E-state index contributed by atoms with van der Waals surface area (Å²) in [6, 6.07) is 13.7. The number of rotatable bonds is 5. The highest BCUT2D eigenvalue weighted by Gasteiger charge is 2.56. The van der Waals surface area contributed by atoms with Crippen molar-refractivity contribution in [3.8, 4) is 0 Å². The normalized spacial score (nSPS) is 14.8. The van der Waals surface area contributed by atoms with E-state index in [1.807, 2.05) is 31.2 Å². The second-order valence-corrected chi connectivity index (χ2v) is 6.19. The highest BCUT2D eigenvalue weighted by atomic mass is 19.1. The molecular weight excluding hydrogens is 307 g/mol. The molecule has 4 nitrogen and oxygen atoms in total. The van der Waals surface area contributed by atoms with Crippen molar-refractivity contribution in [1.82, 2.24) is 5.32 Å². The number of para-hydroxylation sites is 1. The molecule has 2 amide bonds. The third kappa shape index (κ3) is 3.30. The molecule has 124 valence electrons. The maximum Gasteiger partial charge on any atom is 0.240 e. The van der Waals surface area contributed by atoms with Crippen LogP contribution in [0.3, 0.4) is 0 Å². The Hall–Kier alpha value is -2.69. The highest BCUT2D eigenvalue weighted by molar-refractivity contribution is 6.13. The molecule has 0 aliphatic heterocycles. The van der Waals surface area contributed by atoms with Gasteiger partial charge in [-0.3, -0.25) is 9.59 Å². The molecule has 2 N–H and O–H groups in total. The van der Waals surface area contributed by atoms with Gasteiger partial charge in [0.05, 0.1) is 5.69 Å². The van der Waals surface area contributed by atoms with E-state index < -0.39 is 17.1 Å². The standard InChI is InChI=1S/C19H19FN2O2/c1-13-5-4-6-14(11-13)12-21-17(23)19(9-10-19)18(24)22-16-8-3-2-7-15(16)20/h2-8,11H,9-10,12H2,1H3,(H,21,23)(H,22,24). The molecule has 1 fully saturated rings. The lowest BCUT2D eigenvalue weighted by Gasteiger charge is -2.16. The summed E-state index contributed by atoms with van der Waals surface area (Å²) in [5, 5.41) is 5.34. The maximum atomic E-state index is 13.7. The predicted octanol–water partition coefficient (Wildman–Crippen LogP) is 3.17. The van der Waals surface area contributed by atoms with E-state index >= 15 is 0 Å². The number of halogens is 1. The van der Waals surface area contributed by atoms with Crippen molar-refractivity contribution in [2.24, 2.45) is 5.41 Å². The van der Waals surface area contributed by atoms with E-state index in [0.717, 1.165) is 11.1 Å². The molecule has 0 heterocycles. The van der Waals surface area contributed by atoms with Crippen molar-refractivity contribution in [2.45, 2.75) is 26.3 Å². The maximum absolute atomic E-state index is 13.7. The van der Waals surface area contributed by atoms with Gasteiger partial charge in [-0.25, -0.2) is 4.39 Å². The van der Waals surface area contributed by atoms with E-state index in [1.165, 1.54) is 12.1 Å². The monoisotopic (exact) mass is 326 g/mol. The molecule has 0 saturated heterocycles. The first-order valence-corrected chi connectivity index (χ1v) is 7.91. The van der Waals surface area contributed by atoms with E-state index in [1.54, 1.807) is 12.1 Å². The number of hydrogen-bond donors (Lipinski definition) is 2. The zero-order valence-electron chi connectivity index (χ0n) is 13.4. The smallest absolute Gasteiger partial charge is 0.240 e. The number of anilines is 1. The Labute approximate surface area is 140 Å². The number of aryl methyl sites for hydroxylation is 1. The first-order valence-electron chi connectivity index (χ1n) is 7.91. The quantitative estimate of drug-likeness (QED) is 0.829. The second-order valence-electron chi connectivity index (χ2n) is 6.19. The number of amides is 2. The Morgan fingerprint density at radius 3 is 2.50 bits per heavy atom. The molecule has 3 rings (SSSR count). The minimum atomic E-state index is -1.08. The molecule has 0 unspecified atom stereocenters. The Balaban J connectivity index is 1.63. The molecule has 2 aromatic rings. The van der Waals surface area contributed by atoms with Gasteiger partial charge in [0.1, 0.15) is 11.2 Å². The minimum Gasteiger partial charge on any atom is -0.351 e.